The van der Waals surface area contributed by atoms with Crippen LogP contribution < -0.4 is 5.32 Å². The van der Waals surface area contributed by atoms with Crippen molar-refractivity contribution >= 4 is 33.0 Å². The molecular weight excluding hydrogens is 368 g/mol. The number of hydrogen-bond donors (Lipinski definition) is 1. The molecular formula is C23H28N2O2S. The van der Waals surface area contributed by atoms with Crippen LogP contribution in [0.15, 0.2) is 46.4 Å². The monoisotopic (exact) mass is 396 g/mol. The summed E-state index contributed by atoms with van der Waals surface area (Å²) in [5.74, 6) is 0.731. The van der Waals surface area contributed by atoms with Crippen molar-refractivity contribution in [2.75, 3.05) is 18.4 Å². The highest BCUT2D eigenvalue weighted by Crippen LogP contribution is 2.38. The smallest absolute Gasteiger partial charge is 0.291 e. The molecule has 5 heteroatoms. The second-order valence-electron chi connectivity index (χ2n) is 7.61. The van der Waals surface area contributed by atoms with Crippen molar-refractivity contribution < 1.29 is 9.21 Å². The van der Waals surface area contributed by atoms with Gasteiger partial charge in [0.05, 0.1) is 6.26 Å². The van der Waals surface area contributed by atoms with E-state index in [1.807, 2.05) is 6.07 Å². The molecule has 0 bridgehead atoms. The SMILES string of the molecule is CCC(CC)N1CCC(c2csc3ccc(NC(=O)c4ccco4)cc23)CC1. The van der Waals surface area contributed by atoms with Gasteiger partial charge in [-0.05, 0) is 91.4 Å². The fourth-order valence-electron chi connectivity index (χ4n) is 4.42. The Morgan fingerprint density at radius 3 is 2.71 bits per heavy atom. The summed E-state index contributed by atoms with van der Waals surface area (Å²) < 4.78 is 6.48. The lowest BCUT2D eigenvalue weighted by atomic mass is 9.88. The molecule has 0 unspecified atom stereocenters. The van der Waals surface area contributed by atoms with Crippen molar-refractivity contribution in [3.63, 3.8) is 0 Å². The van der Waals surface area contributed by atoms with E-state index < -0.39 is 0 Å². The topological polar surface area (TPSA) is 45.5 Å². The molecule has 3 aromatic rings. The third kappa shape index (κ3) is 3.87. The normalized spacial score (nSPS) is 16.1. The van der Waals surface area contributed by atoms with Gasteiger partial charge in [-0.15, -0.1) is 11.3 Å². The Morgan fingerprint density at radius 2 is 2.04 bits per heavy atom. The minimum Gasteiger partial charge on any atom is -0.459 e. The van der Waals surface area contributed by atoms with Gasteiger partial charge in [0.25, 0.3) is 5.91 Å². The molecule has 0 radical (unpaired) electrons. The van der Waals surface area contributed by atoms with Gasteiger partial charge in [-0.2, -0.15) is 0 Å². The van der Waals surface area contributed by atoms with Crippen LogP contribution in [-0.2, 0) is 0 Å². The number of hydrogen-bond acceptors (Lipinski definition) is 4. The summed E-state index contributed by atoms with van der Waals surface area (Å²) in [5, 5.41) is 6.56. The summed E-state index contributed by atoms with van der Waals surface area (Å²) in [6.45, 7) is 6.96. The molecule has 148 valence electrons. The first-order valence-electron chi connectivity index (χ1n) is 10.3. The van der Waals surface area contributed by atoms with Crippen molar-refractivity contribution in [2.24, 2.45) is 0 Å². The molecule has 0 aliphatic carbocycles. The molecule has 1 aliphatic heterocycles. The number of fused-ring (bicyclic) bond motifs is 1. The molecule has 3 heterocycles. The fraction of sp³-hybridized carbons (Fsp3) is 0.435. The van der Waals surface area contributed by atoms with Gasteiger partial charge < -0.3 is 14.6 Å². The number of likely N-dealkylation sites (tertiary alicyclic amines) is 1. The maximum Gasteiger partial charge on any atom is 0.291 e. The van der Waals surface area contributed by atoms with Crippen LogP contribution in [0.5, 0.6) is 0 Å². The van der Waals surface area contributed by atoms with Gasteiger partial charge in [0, 0.05) is 16.4 Å². The van der Waals surface area contributed by atoms with Gasteiger partial charge in [-0.3, -0.25) is 4.79 Å². The predicted molar refractivity (Wildman–Crippen MR) is 116 cm³/mol. The number of furan rings is 1. The largest absolute Gasteiger partial charge is 0.459 e. The third-order valence-corrected chi connectivity index (χ3v) is 7.02. The highest BCUT2D eigenvalue weighted by molar-refractivity contribution is 7.17. The third-order valence-electron chi connectivity index (χ3n) is 6.03. The van der Waals surface area contributed by atoms with Gasteiger partial charge in [0.15, 0.2) is 5.76 Å². The minimum absolute atomic E-state index is 0.209. The molecule has 28 heavy (non-hydrogen) atoms. The zero-order valence-corrected chi connectivity index (χ0v) is 17.4. The summed E-state index contributed by atoms with van der Waals surface area (Å²) in [7, 11) is 0. The van der Waals surface area contributed by atoms with Gasteiger partial charge in [0.1, 0.15) is 0 Å². The maximum atomic E-state index is 12.3. The van der Waals surface area contributed by atoms with E-state index in [4.69, 9.17) is 4.42 Å². The van der Waals surface area contributed by atoms with E-state index in [-0.39, 0.29) is 5.91 Å². The molecule has 0 atom stereocenters. The van der Waals surface area contributed by atoms with E-state index in [0.717, 1.165) is 11.7 Å². The standard InChI is InChI=1S/C23H28N2O2S/c1-3-18(4-2)25-11-9-16(10-12-25)20-15-28-22-8-7-17(14-19(20)22)24-23(26)21-6-5-13-27-21/h5-8,13-16,18H,3-4,9-12H2,1-2H3,(H,24,26). The average molecular weight is 397 g/mol. The molecule has 4 rings (SSSR count). The Labute approximate surface area is 170 Å². The van der Waals surface area contributed by atoms with Crippen molar-refractivity contribution in [3.05, 3.63) is 53.3 Å². The number of anilines is 1. The molecule has 0 saturated carbocycles. The van der Waals surface area contributed by atoms with Crippen molar-refractivity contribution in [2.45, 2.75) is 51.5 Å². The minimum atomic E-state index is -0.209. The van der Waals surface area contributed by atoms with Crippen LogP contribution >= 0.6 is 11.3 Å². The van der Waals surface area contributed by atoms with Gasteiger partial charge in [-0.1, -0.05) is 13.8 Å². The number of piperidine rings is 1. The molecule has 1 N–H and O–H groups in total. The summed E-state index contributed by atoms with van der Waals surface area (Å²) >= 11 is 1.80. The number of carbonyl (C=O) groups excluding carboxylic acids is 1. The first kappa shape index (κ1) is 19.2. The van der Waals surface area contributed by atoms with Crippen LogP contribution in [-0.4, -0.2) is 29.9 Å². The second-order valence-corrected chi connectivity index (χ2v) is 8.53. The summed E-state index contributed by atoms with van der Waals surface area (Å²) in [4.78, 5) is 15.0. The summed E-state index contributed by atoms with van der Waals surface area (Å²) in [5.41, 5.74) is 2.27. The van der Waals surface area contributed by atoms with Crippen LogP contribution in [0.25, 0.3) is 10.1 Å². The van der Waals surface area contributed by atoms with E-state index in [2.05, 4.69) is 41.6 Å². The molecule has 0 spiro atoms. The van der Waals surface area contributed by atoms with Gasteiger partial charge in [0.2, 0.25) is 0 Å². The van der Waals surface area contributed by atoms with E-state index in [9.17, 15) is 4.79 Å². The second kappa shape index (κ2) is 8.50. The lowest BCUT2D eigenvalue weighted by Gasteiger charge is -2.37. The first-order valence-corrected chi connectivity index (χ1v) is 11.2. The van der Waals surface area contributed by atoms with Gasteiger partial charge >= 0.3 is 0 Å². The van der Waals surface area contributed by atoms with Crippen LogP contribution in [0, 0.1) is 0 Å². The number of amides is 1. The first-order chi connectivity index (χ1) is 13.7. The van der Waals surface area contributed by atoms with E-state index in [1.54, 1.807) is 23.5 Å². The highest BCUT2D eigenvalue weighted by Gasteiger charge is 2.25. The van der Waals surface area contributed by atoms with Crippen LogP contribution in [0.1, 0.15) is 61.6 Å². The predicted octanol–water partition coefficient (Wildman–Crippen LogP) is 6.11. The zero-order chi connectivity index (χ0) is 19.5. The fourth-order valence-corrected chi connectivity index (χ4v) is 5.45. The Hall–Kier alpha value is -2.11. The Kier molecular flexibility index (Phi) is 5.83. The quantitative estimate of drug-likeness (QED) is 0.546. The van der Waals surface area contributed by atoms with Crippen molar-refractivity contribution in [1.29, 1.82) is 0 Å². The number of nitrogens with one attached hydrogen (secondary N) is 1. The van der Waals surface area contributed by atoms with Crippen LogP contribution in [0.3, 0.4) is 0 Å². The molecule has 1 aliphatic rings. The Bertz CT molecular complexity index is 919. The van der Waals surface area contributed by atoms with Crippen molar-refractivity contribution in [3.8, 4) is 0 Å². The lowest BCUT2D eigenvalue weighted by molar-refractivity contribution is 0.0996. The highest BCUT2D eigenvalue weighted by atomic mass is 32.1. The lowest BCUT2D eigenvalue weighted by Crippen LogP contribution is -2.40. The number of nitrogens with zero attached hydrogens (tertiary/aromatic N) is 1. The van der Waals surface area contributed by atoms with E-state index >= 15 is 0 Å². The van der Waals surface area contributed by atoms with E-state index in [0.29, 0.717) is 11.7 Å². The molecule has 1 fully saturated rings. The molecule has 1 aromatic carbocycles. The Balaban J connectivity index is 1.50. The van der Waals surface area contributed by atoms with Crippen molar-refractivity contribution in [1.82, 2.24) is 4.90 Å². The van der Waals surface area contributed by atoms with Gasteiger partial charge in [-0.25, -0.2) is 0 Å². The number of carbonyl (C=O) groups is 1. The number of benzene rings is 1. The maximum absolute atomic E-state index is 12.3. The van der Waals surface area contributed by atoms with E-state index in [1.165, 1.54) is 60.7 Å². The molecule has 1 amide bonds. The summed E-state index contributed by atoms with van der Waals surface area (Å²) in [6, 6.07) is 10.3. The Morgan fingerprint density at radius 1 is 1.25 bits per heavy atom. The molecule has 2 aromatic heterocycles. The number of thiophene rings is 1. The van der Waals surface area contributed by atoms with Crippen LogP contribution in [0.2, 0.25) is 0 Å². The average Bonchev–Trinajstić information content (AvgIpc) is 3.39. The summed E-state index contributed by atoms with van der Waals surface area (Å²) in [6.07, 6.45) is 6.42. The van der Waals surface area contributed by atoms with Crippen LogP contribution in [0.4, 0.5) is 5.69 Å². The number of rotatable bonds is 6. The zero-order valence-electron chi connectivity index (χ0n) is 16.6. The molecule has 1 saturated heterocycles. The molecule has 4 nitrogen and oxygen atoms in total.